The Labute approximate surface area is 122 Å². The third kappa shape index (κ3) is 8.08. The fourth-order valence-electron chi connectivity index (χ4n) is 2.11. The molecule has 0 atom stereocenters. The second kappa shape index (κ2) is 9.18. The molecule has 0 heterocycles. The van der Waals surface area contributed by atoms with Crippen LogP contribution in [0.25, 0.3) is 0 Å². The molecular formula is C16H27N2Si+2. The van der Waals surface area contributed by atoms with Crippen molar-refractivity contribution in [2.75, 3.05) is 33.7 Å². The third-order valence-electron chi connectivity index (χ3n) is 3.17. The van der Waals surface area contributed by atoms with E-state index in [1.165, 1.54) is 31.4 Å². The minimum absolute atomic E-state index is 0.950. The standard InChI is InChI=1S/C16H27N2Si/c1-18(2,15-16-9-4-3-5-10-16)13-7-6-11-17-12-8-14-19/h3-5,9-10,15,17H,6-8,11-14H2,1-2H3/q+2. The van der Waals surface area contributed by atoms with Gasteiger partial charge in [-0.05, 0) is 32.4 Å². The van der Waals surface area contributed by atoms with Crippen LogP contribution in [-0.4, -0.2) is 48.5 Å². The number of nitrogens with zero attached hydrogens (tertiary/aromatic N) is 1. The molecule has 0 aromatic heterocycles. The zero-order chi connectivity index (χ0) is 14.0. The van der Waals surface area contributed by atoms with Crippen molar-refractivity contribution in [1.82, 2.24) is 5.32 Å². The molecule has 0 fully saturated rings. The van der Waals surface area contributed by atoms with Crippen molar-refractivity contribution in [1.29, 1.82) is 0 Å². The number of rotatable bonds is 9. The van der Waals surface area contributed by atoms with E-state index in [4.69, 9.17) is 0 Å². The molecule has 0 bridgehead atoms. The van der Waals surface area contributed by atoms with E-state index >= 15 is 0 Å². The van der Waals surface area contributed by atoms with Crippen LogP contribution in [-0.2, 0) is 0 Å². The van der Waals surface area contributed by atoms with Gasteiger partial charge < -0.3 is 5.32 Å². The van der Waals surface area contributed by atoms with Gasteiger partial charge in [0.15, 0.2) is 6.20 Å². The van der Waals surface area contributed by atoms with Gasteiger partial charge in [0.1, 0.15) is 5.57 Å². The molecule has 0 amide bonds. The molecule has 0 spiro atoms. The number of hydrogen-bond acceptors (Lipinski definition) is 1. The fourth-order valence-corrected chi connectivity index (χ4v) is 2.29. The summed E-state index contributed by atoms with van der Waals surface area (Å²) in [7, 11) is 8.03. The van der Waals surface area contributed by atoms with Gasteiger partial charge in [-0.25, -0.2) is 0 Å². The third-order valence-corrected chi connectivity index (χ3v) is 3.52. The minimum atomic E-state index is 0.950. The van der Waals surface area contributed by atoms with E-state index in [0.717, 1.165) is 23.6 Å². The van der Waals surface area contributed by atoms with Gasteiger partial charge >= 0.3 is 0 Å². The number of nitrogens with one attached hydrogen (secondary N) is 1. The molecular weight excluding hydrogens is 248 g/mol. The van der Waals surface area contributed by atoms with Gasteiger partial charge in [-0.3, -0.25) is 4.48 Å². The summed E-state index contributed by atoms with van der Waals surface area (Å²) in [6.07, 6.45) is 16.7. The van der Waals surface area contributed by atoms with E-state index < -0.39 is 0 Å². The molecule has 0 aromatic carbocycles. The summed E-state index contributed by atoms with van der Waals surface area (Å²) in [6, 6.07) is 1.09. The second-order valence-electron chi connectivity index (χ2n) is 5.60. The van der Waals surface area contributed by atoms with E-state index in [0.29, 0.717) is 0 Å². The molecule has 103 valence electrons. The molecule has 1 N–H and O–H groups in total. The minimum Gasteiger partial charge on any atom is -0.317 e. The predicted molar refractivity (Wildman–Crippen MR) is 84.9 cm³/mol. The molecule has 0 unspecified atom stereocenters. The number of unbranched alkanes of at least 4 members (excludes halogenated alkanes) is 1. The topological polar surface area (TPSA) is 12.0 Å². The molecule has 0 saturated heterocycles. The summed E-state index contributed by atoms with van der Waals surface area (Å²) in [4.78, 5) is 0. The van der Waals surface area contributed by atoms with Gasteiger partial charge in [-0.1, -0.05) is 6.04 Å². The highest BCUT2D eigenvalue weighted by atomic mass is 28.1. The molecule has 0 aliphatic heterocycles. The fraction of sp³-hybridized carbons (Fsp3) is 0.562. The SMILES string of the molecule is C[N+](C)(C=C1C=CC=C[CH+]1)CCCCNCCC[Si]. The van der Waals surface area contributed by atoms with Crippen LogP contribution in [0.15, 0.2) is 36.1 Å². The van der Waals surface area contributed by atoms with Crippen LogP contribution in [0.1, 0.15) is 19.3 Å². The lowest BCUT2D eigenvalue weighted by atomic mass is 10.1. The smallest absolute Gasteiger partial charge is 0.177 e. The van der Waals surface area contributed by atoms with Crippen molar-refractivity contribution < 1.29 is 4.48 Å². The highest BCUT2D eigenvalue weighted by Crippen LogP contribution is 2.13. The Morgan fingerprint density at radius 1 is 1.21 bits per heavy atom. The van der Waals surface area contributed by atoms with Crippen molar-refractivity contribution >= 4 is 10.2 Å². The predicted octanol–water partition coefficient (Wildman–Crippen LogP) is 2.62. The lowest BCUT2D eigenvalue weighted by Gasteiger charge is -2.23. The van der Waals surface area contributed by atoms with Crippen LogP contribution in [0.5, 0.6) is 0 Å². The van der Waals surface area contributed by atoms with Crippen molar-refractivity contribution in [3.05, 3.63) is 42.5 Å². The van der Waals surface area contributed by atoms with E-state index in [2.05, 4.69) is 66.6 Å². The number of allylic oxidation sites excluding steroid dienone is 5. The average molecular weight is 275 g/mol. The zero-order valence-corrected chi connectivity index (χ0v) is 13.4. The molecule has 1 aliphatic carbocycles. The van der Waals surface area contributed by atoms with Crippen LogP contribution < -0.4 is 5.32 Å². The summed E-state index contributed by atoms with van der Waals surface area (Å²) < 4.78 is 0.950. The van der Waals surface area contributed by atoms with E-state index in [-0.39, 0.29) is 0 Å². The first kappa shape index (κ1) is 16.3. The van der Waals surface area contributed by atoms with Crippen LogP contribution in [0.3, 0.4) is 0 Å². The molecule has 0 saturated carbocycles. The molecule has 1 aliphatic rings. The van der Waals surface area contributed by atoms with Crippen LogP contribution in [0.2, 0.25) is 6.04 Å². The lowest BCUT2D eigenvalue weighted by Crippen LogP contribution is -2.35. The normalized spacial score (nSPS) is 16.9. The Morgan fingerprint density at radius 2 is 2.00 bits per heavy atom. The average Bonchev–Trinajstić information content (AvgIpc) is 2.38. The van der Waals surface area contributed by atoms with Gasteiger partial charge in [-0.15, -0.1) is 0 Å². The van der Waals surface area contributed by atoms with Crippen molar-refractivity contribution in [3.63, 3.8) is 0 Å². The number of hydrogen-bond donors (Lipinski definition) is 1. The highest BCUT2D eigenvalue weighted by Gasteiger charge is 2.17. The monoisotopic (exact) mass is 275 g/mol. The largest absolute Gasteiger partial charge is 0.317 e. The molecule has 3 heteroatoms. The van der Waals surface area contributed by atoms with E-state index in [1.54, 1.807) is 0 Å². The summed E-state index contributed by atoms with van der Waals surface area (Å²) >= 11 is 0. The first-order valence-electron chi connectivity index (χ1n) is 7.23. The molecule has 19 heavy (non-hydrogen) atoms. The number of quaternary nitrogens is 1. The van der Waals surface area contributed by atoms with Gasteiger partial charge in [0.25, 0.3) is 0 Å². The molecule has 3 radical (unpaired) electrons. The lowest BCUT2D eigenvalue weighted by molar-refractivity contribution is -0.839. The van der Waals surface area contributed by atoms with Gasteiger partial charge in [0, 0.05) is 41.0 Å². The summed E-state index contributed by atoms with van der Waals surface area (Å²) in [5.74, 6) is 0. The van der Waals surface area contributed by atoms with Gasteiger partial charge in [0.05, 0.1) is 20.6 Å². The highest BCUT2D eigenvalue weighted by molar-refractivity contribution is 6.08. The maximum Gasteiger partial charge on any atom is 0.177 e. The molecule has 1 rings (SSSR count). The van der Waals surface area contributed by atoms with Gasteiger partial charge in [0.2, 0.25) is 0 Å². The van der Waals surface area contributed by atoms with Gasteiger partial charge in [-0.2, -0.15) is 0 Å². The summed E-state index contributed by atoms with van der Waals surface area (Å²) in [6.45, 7) is 3.45. The van der Waals surface area contributed by atoms with Crippen LogP contribution in [0.4, 0.5) is 0 Å². The Kier molecular flexibility index (Phi) is 7.87. The van der Waals surface area contributed by atoms with Crippen molar-refractivity contribution in [2.45, 2.75) is 25.3 Å². The Hall–Kier alpha value is -0.773. The molecule has 0 aromatic rings. The van der Waals surface area contributed by atoms with Crippen LogP contribution in [0, 0.1) is 6.42 Å². The van der Waals surface area contributed by atoms with Crippen molar-refractivity contribution in [3.8, 4) is 0 Å². The first-order valence-corrected chi connectivity index (χ1v) is 7.94. The quantitative estimate of drug-likeness (QED) is 0.295. The summed E-state index contributed by atoms with van der Waals surface area (Å²) in [5, 5.41) is 3.47. The van der Waals surface area contributed by atoms with Crippen LogP contribution >= 0.6 is 0 Å². The Bertz CT molecular complexity index is 330. The van der Waals surface area contributed by atoms with Crippen molar-refractivity contribution in [2.24, 2.45) is 0 Å². The van der Waals surface area contributed by atoms with E-state index in [1.807, 2.05) is 0 Å². The first-order chi connectivity index (χ1) is 9.14. The Balaban J connectivity index is 2.16. The summed E-state index contributed by atoms with van der Waals surface area (Å²) in [5.41, 5.74) is 1.31. The van der Waals surface area contributed by atoms with E-state index in [9.17, 15) is 0 Å². The zero-order valence-electron chi connectivity index (χ0n) is 12.4. The maximum atomic E-state index is 3.49. The Morgan fingerprint density at radius 3 is 2.68 bits per heavy atom. The maximum absolute atomic E-state index is 3.49. The second-order valence-corrected chi connectivity index (χ2v) is 6.10. The molecule has 2 nitrogen and oxygen atoms in total.